The first-order chi connectivity index (χ1) is 8.74. The van der Waals surface area contributed by atoms with Crippen molar-refractivity contribution >= 4 is 0 Å². The second-order valence-electron chi connectivity index (χ2n) is 5.12. The molecule has 0 radical (unpaired) electrons. The summed E-state index contributed by atoms with van der Waals surface area (Å²) in [6.07, 6.45) is 3.79. The van der Waals surface area contributed by atoms with Gasteiger partial charge in [0.05, 0.1) is 7.11 Å². The third-order valence-corrected chi connectivity index (χ3v) is 3.77. The van der Waals surface area contributed by atoms with Crippen molar-refractivity contribution in [1.29, 1.82) is 0 Å². The van der Waals surface area contributed by atoms with Gasteiger partial charge >= 0.3 is 0 Å². The van der Waals surface area contributed by atoms with E-state index >= 15 is 0 Å². The molecule has 1 N–H and O–H groups in total. The highest BCUT2D eigenvalue weighted by Crippen LogP contribution is 2.32. The Morgan fingerprint density at radius 3 is 2.56 bits per heavy atom. The first kappa shape index (κ1) is 13.2. The average molecular weight is 249 g/mol. The van der Waals surface area contributed by atoms with E-state index in [0.29, 0.717) is 6.04 Å². The third-order valence-electron chi connectivity index (χ3n) is 3.77. The molecule has 3 nitrogen and oxygen atoms in total. The maximum absolute atomic E-state index is 6.16. The van der Waals surface area contributed by atoms with Gasteiger partial charge in [-0.2, -0.15) is 0 Å². The number of nitrogens with one attached hydrogen (secondary N) is 1. The van der Waals surface area contributed by atoms with Crippen molar-refractivity contribution < 1.29 is 9.47 Å². The van der Waals surface area contributed by atoms with Gasteiger partial charge in [0, 0.05) is 6.04 Å². The molecule has 0 aromatic heterocycles. The molecule has 1 fully saturated rings. The Hall–Kier alpha value is -1.22. The van der Waals surface area contributed by atoms with Gasteiger partial charge in [0.25, 0.3) is 0 Å². The molecule has 0 aliphatic heterocycles. The van der Waals surface area contributed by atoms with Gasteiger partial charge in [0.2, 0.25) is 0 Å². The molecule has 3 atom stereocenters. The molecule has 2 rings (SSSR count). The normalized spacial score (nSPS) is 27.8. The van der Waals surface area contributed by atoms with Crippen molar-refractivity contribution in [3.63, 3.8) is 0 Å². The first-order valence-electron chi connectivity index (χ1n) is 6.71. The van der Waals surface area contributed by atoms with Crippen LogP contribution in [0.3, 0.4) is 0 Å². The zero-order chi connectivity index (χ0) is 13.0. The quantitative estimate of drug-likeness (QED) is 0.890. The molecule has 0 saturated heterocycles. The van der Waals surface area contributed by atoms with E-state index in [9.17, 15) is 0 Å². The molecule has 1 aromatic carbocycles. The second-order valence-corrected chi connectivity index (χ2v) is 5.12. The van der Waals surface area contributed by atoms with Crippen LogP contribution in [0.1, 0.15) is 26.2 Å². The van der Waals surface area contributed by atoms with Gasteiger partial charge in [-0.25, -0.2) is 0 Å². The maximum atomic E-state index is 6.16. The molecular formula is C15H23NO2. The molecule has 1 aliphatic carbocycles. The molecule has 0 spiro atoms. The molecule has 18 heavy (non-hydrogen) atoms. The van der Waals surface area contributed by atoms with Gasteiger partial charge in [0.1, 0.15) is 6.10 Å². The van der Waals surface area contributed by atoms with E-state index in [-0.39, 0.29) is 6.10 Å². The van der Waals surface area contributed by atoms with Crippen molar-refractivity contribution in [2.75, 3.05) is 14.2 Å². The van der Waals surface area contributed by atoms with Crippen LogP contribution in [0.4, 0.5) is 0 Å². The fraction of sp³-hybridized carbons (Fsp3) is 0.600. The Kier molecular flexibility index (Phi) is 4.48. The minimum absolute atomic E-state index is 0.232. The number of hydrogen-bond donors (Lipinski definition) is 1. The van der Waals surface area contributed by atoms with E-state index in [1.165, 1.54) is 12.8 Å². The topological polar surface area (TPSA) is 30.5 Å². The van der Waals surface area contributed by atoms with Gasteiger partial charge in [-0.1, -0.05) is 19.1 Å². The number of likely N-dealkylation sites (N-methyl/N-ethyl adjacent to an activating group) is 1. The van der Waals surface area contributed by atoms with Gasteiger partial charge in [0.15, 0.2) is 11.5 Å². The number of methoxy groups -OCH3 is 1. The zero-order valence-electron chi connectivity index (χ0n) is 11.5. The van der Waals surface area contributed by atoms with Gasteiger partial charge < -0.3 is 14.8 Å². The molecule has 100 valence electrons. The Morgan fingerprint density at radius 1 is 1.17 bits per heavy atom. The van der Waals surface area contributed by atoms with Crippen molar-refractivity contribution in [2.24, 2.45) is 5.92 Å². The fourth-order valence-corrected chi connectivity index (χ4v) is 2.67. The van der Waals surface area contributed by atoms with E-state index < -0.39 is 0 Å². The number of rotatable bonds is 4. The summed E-state index contributed by atoms with van der Waals surface area (Å²) in [6.45, 7) is 2.30. The summed E-state index contributed by atoms with van der Waals surface area (Å²) in [5, 5.41) is 3.37. The summed E-state index contributed by atoms with van der Waals surface area (Å²) in [4.78, 5) is 0. The lowest BCUT2D eigenvalue weighted by Gasteiger charge is -2.35. The Morgan fingerprint density at radius 2 is 1.89 bits per heavy atom. The van der Waals surface area contributed by atoms with Crippen LogP contribution in [0.5, 0.6) is 11.5 Å². The highest BCUT2D eigenvalue weighted by atomic mass is 16.5. The van der Waals surface area contributed by atoms with Crippen LogP contribution in [-0.2, 0) is 0 Å². The van der Waals surface area contributed by atoms with Crippen LogP contribution in [-0.4, -0.2) is 26.3 Å². The molecule has 3 heteroatoms. The van der Waals surface area contributed by atoms with Crippen molar-refractivity contribution in [3.05, 3.63) is 24.3 Å². The first-order valence-corrected chi connectivity index (χ1v) is 6.71. The van der Waals surface area contributed by atoms with Crippen LogP contribution >= 0.6 is 0 Å². The zero-order valence-corrected chi connectivity index (χ0v) is 11.5. The van der Waals surface area contributed by atoms with Crippen LogP contribution in [0, 0.1) is 5.92 Å². The lowest BCUT2D eigenvalue weighted by molar-refractivity contribution is 0.0914. The summed E-state index contributed by atoms with van der Waals surface area (Å²) in [6, 6.07) is 8.30. The molecule has 1 aromatic rings. The minimum Gasteiger partial charge on any atom is -0.493 e. The molecular weight excluding hydrogens is 226 g/mol. The average Bonchev–Trinajstić information content (AvgIpc) is 2.40. The maximum Gasteiger partial charge on any atom is 0.161 e. The van der Waals surface area contributed by atoms with Crippen molar-refractivity contribution in [2.45, 2.75) is 38.3 Å². The molecule has 1 aliphatic rings. The molecule has 3 unspecified atom stereocenters. The summed E-state index contributed by atoms with van der Waals surface area (Å²) < 4.78 is 11.5. The number of hydrogen-bond acceptors (Lipinski definition) is 3. The van der Waals surface area contributed by atoms with Crippen LogP contribution in [0.2, 0.25) is 0 Å². The van der Waals surface area contributed by atoms with Crippen LogP contribution in [0.25, 0.3) is 0 Å². The predicted molar refractivity (Wildman–Crippen MR) is 73.3 cm³/mol. The van der Waals surface area contributed by atoms with E-state index in [1.54, 1.807) is 7.11 Å². The molecule has 0 amide bonds. The highest BCUT2D eigenvalue weighted by molar-refractivity contribution is 5.39. The smallest absolute Gasteiger partial charge is 0.161 e. The number of benzene rings is 1. The third kappa shape index (κ3) is 2.96. The van der Waals surface area contributed by atoms with Crippen molar-refractivity contribution in [3.8, 4) is 11.5 Å². The van der Waals surface area contributed by atoms with E-state index in [1.807, 2.05) is 31.3 Å². The summed E-state index contributed by atoms with van der Waals surface area (Å²) in [5.41, 5.74) is 0. The lowest BCUT2D eigenvalue weighted by atomic mass is 9.85. The van der Waals surface area contributed by atoms with Gasteiger partial charge in [-0.3, -0.25) is 0 Å². The van der Waals surface area contributed by atoms with Crippen LogP contribution < -0.4 is 14.8 Å². The van der Waals surface area contributed by atoms with Crippen LogP contribution in [0.15, 0.2) is 24.3 Å². The monoisotopic (exact) mass is 249 g/mol. The SMILES string of the molecule is CNC1CCC(C)CC1Oc1ccccc1OC. The predicted octanol–water partition coefficient (Wildman–Crippen LogP) is 2.85. The fourth-order valence-electron chi connectivity index (χ4n) is 2.67. The molecule has 0 heterocycles. The number of ether oxygens (including phenoxy) is 2. The second kappa shape index (κ2) is 6.10. The van der Waals surface area contributed by atoms with E-state index in [0.717, 1.165) is 23.8 Å². The molecule has 1 saturated carbocycles. The van der Waals surface area contributed by atoms with Gasteiger partial charge in [-0.05, 0) is 44.4 Å². The Labute approximate surface area is 109 Å². The van der Waals surface area contributed by atoms with Crippen molar-refractivity contribution in [1.82, 2.24) is 5.32 Å². The van der Waals surface area contributed by atoms with E-state index in [2.05, 4.69) is 12.2 Å². The molecule has 0 bridgehead atoms. The summed E-state index contributed by atoms with van der Waals surface area (Å²) in [7, 11) is 3.69. The largest absolute Gasteiger partial charge is 0.493 e. The summed E-state index contributed by atoms with van der Waals surface area (Å²) >= 11 is 0. The van der Waals surface area contributed by atoms with E-state index in [4.69, 9.17) is 9.47 Å². The number of para-hydroxylation sites is 2. The Bertz CT molecular complexity index is 381. The lowest BCUT2D eigenvalue weighted by Crippen LogP contribution is -2.45. The minimum atomic E-state index is 0.232. The summed E-state index contributed by atoms with van der Waals surface area (Å²) in [5.74, 6) is 2.39. The van der Waals surface area contributed by atoms with Gasteiger partial charge in [-0.15, -0.1) is 0 Å². The highest BCUT2D eigenvalue weighted by Gasteiger charge is 2.29. The Balaban J connectivity index is 2.10. The standard InChI is InChI=1S/C15H23NO2/c1-11-8-9-12(16-2)15(10-11)18-14-7-5-4-6-13(14)17-3/h4-7,11-12,15-16H,8-10H2,1-3H3.